The Hall–Kier alpha value is -1.92. The molecule has 0 fully saturated rings. The van der Waals surface area contributed by atoms with Crippen LogP contribution < -0.4 is 15.5 Å². The first-order valence-corrected chi connectivity index (χ1v) is 7.37. The molecule has 2 rings (SSSR count). The van der Waals surface area contributed by atoms with Gasteiger partial charge in [-0.3, -0.25) is 5.43 Å². The predicted molar refractivity (Wildman–Crippen MR) is 94.1 cm³/mol. The third kappa shape index (κ3) is 5.17. The smallest absolute Gasteiger partial charge is 0.191 e. The van der Waals surface area contributed by atoms with Crippen molar-refractivity contribution in [3.8, 4) is 5.75 Å². The molecule has 108 valence electrons. The van der Waals surface area contributed by atoms with E-state index in [2.05, 4.69) is 31.8 Å². The molecule has 0 saturated carbocycles. The highest BCUT2D eigenvalue weighted by Crippen LogP contribution is 2.16. The van der Waals surface area contributed by atoms with Crippen LogP contribution >= 0.6 is 28.1 Å². The van der Waals surface area contributed by atoms with Gasteiger partial charge in [0.25, 0.3) is 0 Å². The molecule has 0 amide bonds. The van der Waals surface area contributed by atoms with Gasteiger partial charge >= 0.3 is 0 Å². The lowest BCUT2D eigenvalue weighted by Crippen LogP contribution is -2.23. The van der Waals surface area contributed by atoms with Crippen molar-refractivity contribution in [1.29, 1.82) is 0 Å². The summed E-state index contributed by atoms with van der Waals surface area (Å²) in [6, 6.07) is 15.3. The maximum atomic E-state index is 5.17. The summed E-state index contributed by atoms with van der Waals surface area (Å²) < 4.78 is 6.15. The van der Waals surface area contributed by atoms with Crippen molar-refractivity contribution >= 4 is 45.2 Å². The van der Waals surface area contributed by atoms with Gasteiger partial charge in [0.1, 0.15) is 5.75 Å². The molecule has 0 bridgehead atoms. The zero-order valence-corrected chi connectivity index (χ0v) is 13.7. The lowest BCUT2D eigenvalue weighted by Gasteiger charge is -2.08. The highest BCUT2D eigenvalue weighted by molar-refractivity contribution is 9.10. The summed E-state index contributed by atoms with van der Waals surface area (Å²) in [6.07, 6.45) is 1.70. The van der Waals surface area contributed by atoms with Crippen LogP contribution in [-0.2, 0) is 0 Å². The number of nitrogens with zero attached hydrogens (tertiary/aromatic N) is 1. The van der Waals surface area contributed by atoms with E-state index in [0.717, 1.165) is 21.5 Å². The Morgan fingerprint density at radius 2 is 2.05 bits per heavy atom. The highest BCUT2D eigenvalue weighted by atomic mass is 79.9. The molecular weight excluding hydrogens is 350 g/mol. The van der Waals surface area contributed by atoms with Crippen molar-refractivity contribution in [3.05, 3.63) is 58.6 Å². The number of methoxy groups -OCH3 is 1. The molecule has 0 atom stereocenters. The van der Waals surface area contributed by atoms with Crippen LogP contribution in [0.1, 0.15) is 5.56 Å². The Morgan fingerprint density at radius 1 is 1.24 bits per heavy atom. The molecule has 0 aromatic heterocycles. The summed E-state index contributed by atoms with van der Waals surface area (Å²) in [4.78, 5) is 0. The number of nitrogens with one attached hydrogen (secondary N) is 2. The van der Waals surface area contributed by atoms with Crippen molar-refractivity contribution in [2.75, 3.05) is 12.4 Å². The number of anilines is 1. The zero-order valence-electron chi connectivity index (χ0n) is 11.3. The summed E-state index contributed by atoms with van der Waals surface area (Å²) in [5, 5.41) is 7.53. The Bertz CT molecular complexity index is 661. The molecule has 4 nitrogen and oxygen atoms in total. The molecule has 21 heavy (non-hydrogen) atoms. The molecule has 0 radical (unpaired) electrons. The van der Waals surface area contributed by atoms with Crippen molar-refractivity contribution in [3.63, 3.8) is 0 Å². The van der Waals surface area contributed by atoms with E-state index < -0.39 is 0 Å². The summed E-state index contributed by atoms with van der Waals surface area (Å²) in [6.45, 7) is 0. The number of thiocarbonyl (C=S) groups is 1. The van der Waals surface area contributed by atoms with Crippen LogP contribution in [0.4, 0.5) is 5.69 Å². The van der Waals surface area contributed by atoms with Crippen LogP contribution in [0.5, 0.6) is 5.75 Å². The van der Waals surface area contributed by atoms with E-state index in [1.807, 2.05) is 48.5 Å². The molecule has 2 aromatic rings. The Morgan fingerprint density at radius 3 is 2.81 bits per heavy atom. The van der Waals surface area contributed by atoms with Crippen LogP contribution in [0.25, 0.3) is 0 Å². The maximum absolute atomic E-state index is 5.17. The maximum Gasteiger partial charge on any atom is 0.191 e. The molecule has 0 saturated heterocycles. The summed E-state index contributed by atoms with van der Waals surface area (Å²) >= 11 is 8.58. The number of hydrazone groups is 1. The van der Waals surface area contributed by atoms with Crippen molar-refractivity contribution in [1.82, 2.24) is 5.43 Å². The zero-order chi connectivity index (χ0) is 15.1. The molecule has 0 aliphatic heterocycles. The van der Waals surface area contributed by atoms with E-state index in [0.29, 0.717) is 5.11 Å². The second-order valence-corrected chi connectivity index (χ2v) is 5.44. The number of hydrogen-bond acceptors (Lipinski definition) is 3. The van der Waals surface area contributed by atoms with E-state index in [1.54, 1.807) is 13.3 Å². The normalized spacial score (nSPS) is 10.4. The minimum Gasteiger partial charge on any atom is -0.497 e. The second-order valence-electron chi connectivity index (χ2n) is 4.11. The molecule has 6 heteroatoms. The fourth-order valence-electron chi connectivity index (χ4n) is 1.61. The largest absolute Gasteiger partial charge is 0.497 e. The Balaban J connectivity index is 1.90. The van der Waals surface area contributed by atoms with Gasteiger partial charge in [-0.05, 0) is 42.0 Å². The minimum atomic E-state index is 0.412. The van der Waals surface area contributed by atoms with E-state index >= 15 is 0 Å². The first kappa shape index (κ1) is 15.5. The van der Waals surface area contributed by atoms with Crippen LogP contribution in [0.2, 0.25) is 0 Å². The fourth-order valence-corrected chi connectivity index (χ4v) is 2.20. The van der Waals surface area contributed by atoms with Gasteiger partial charge in [0, 0.05) is 16.2 Å². The molecule has 0 unspecified atom stereocenters. The van der Waals surface area contributed by atoms with Gasteiger partial charge in [-0.15, -0.1) is 0 Å². The van der Waals surface area contributed by atoms with Gasteiger partial charge in [-0.25, -0.2) is 0 Å². The predicted octanol–water partition coefficient (Wildman–Crippen LogP) is 3.78. The van der Waals surface area contributed by atoms with Crippen molar-refractivity contribution in [2.45, 2.75) is 0 Å². The van der Waals surface area contributed by atoms with Crippen LogP contribution in [0.15, 0.2) is 58.1 Å². The molecule has 0 heterocycles. The Labute approximate surface area is 137 Å². The van der Waals surface area contributed by atoms with E-state index in [9.17, 15) is 0 Å². The fraction of sp³-hybridized carbons (Fsp3) is 0.0667. The lowest BCUT2D eigenvalue weighted by atomic mass is 10.2. The SMILES string of the molecule is COc1cccc(NC(=S)N/N=C/c2cccc(Br)c2)c1. The lowest BCUT2D eigenvalue weighted by molar-refractivity contribution is 0.415. The third-order valence-electron chi connectivity index (χ3n) is 2.56. The van der Waals surface area contributed by atoms with Crippen LogP contribution in [0, 0.1) is 0 Å². The van der Waals surface area contributed by atoms with Gasteiger partial charge in [0.15, 0.2) is 5.11 Å². The van der Waals surface area contributed by atoms with Gasteiger partial charge < -0.3 is 10.1 Å². The van der Waals surface area contributed by atoms with Crippen LogP contribution in [-0.4, -0.2) is 18.4 Å². The molecule has 0 spiro atoms. The van der Waals surface area contributed by atoms with Crippen LogP contribution in [0.3, 0.4) is 0 Å². The average molecular weight is 364 g/mol. The summed E-state index contributed by atoms with van der Waals surface area (Å²) in [7, 11) is 1.62. The third-order valence-corrected chi connectivity index (χ3v) is 3.24. The van der Waals surface area contributed by atoms with E-state index in [-0.39, 0.29) is 0 Å². The molecule has 0 aliphatic rings. The van der Waals surface area contributed by atoms with Gasteiger partial charge in [0.05, 0.1) is 13.3 Å². The van der Waals surface area contributed by atoms with Gasteiger partial charge in [0.2, 0.25) is 0 Å². The summed E-state index contributed by atoms with van der Waals surface area (Å²) in [5.41, 5.74) is 4.58. The quantitative estimate of drug-likeness (QED) is 0.493. The Kier molecular flexibility index (Phi) is 5.71. The average Bonchev–Trinajstić information content (AvgIpc) is 2.47. The minimum absolute atomic E-state index is 0.412. The highest BCUT2D eigenvalue weighted by Gasteiger charge is 1.98. The number of hydrogen-bond donors (Lipinski definition) is 2. The molecule has 2 aromatic carbocycles. The topological polar surface area (TPSA) is 45.6 Å². The second kappa shape index (κ2) is 7.75. The number of ether oxygens (including phenoxy) is 1. The number of rotatable bonds is 4. The van der Waals surface area contributed by atoms with Gasteiger partial charge in [-0.2, -0.15) is 5.10 Å². The number of benzene rings is 2. The van der Waals surface area contributed by atoms with Gasteiger partial charge in [-0.1, -0.05) is 34.1 Å². The standard InChI is InChI=1S/C15H14BrN3OS/c1-20-14-7-3-6-13(9-14)18-15(21)19-17-10-11-4-2-5-12(16)8-11/h2-10H,1H3,(H2,18,19,21)/b17-10+. The van der Waals surface area contributed by atoms with Crippen molar-refractivity contribution < 1.29 is 4.74 Å². The monoisotopic (exact) mass is 363 g/mol. The van der Waals surface area contributed by atoms with E-state index in [4.69, 9.17) is 17.0 Å². The summed E-state index contributed by atoms with van der Waals surface area (Å²) in [5.74, 6) is 0.764. The molecule has 2 N–H and O–H groups in total. The number of halogens is 1. The van der Waals surface area contributed by atoms with Crippen molar-refractivity contribution in [2.24, 2.45) is 5.10 Å². The molecule has 0 aliphatic carbocycles. The van der Waals surface area contributed by atoms with E-state index in [1.165, 1.54) is 0 Å². The first-order valence-electron chi connectivity index (χ1n) is 6.17. The first-order chi connectivity index (χ1) is 10.2. The molecular formula is C15H14BrN3OS.